The van der Waals surface area contributed by atoms with Crippen LogP contribution in [0.5, 0.6) is 11.5 Å². The van der Waals surface area contributed by atoms with E-state index in [1.807, 2.05) is 6.07 Å². The van der Waals surface area contributed by atoms with Gasteiger partial charge in [0.15, 0.2) is 0 Å². The van der Waals surface area contributed by atoms with Crippen molar-refractivity contribution in [2.75, 3.05) is 26.1 Å². The Morgan fingerprint density at radius 2 is 1.90 bits per heavy atom. The normalized spacial score (nSPS) is 18.2. The van der Waals surface area contributed by atoms with E-state index >= 15 is 0 Å². The van der Waals surface area contributed by atoms with Gasteiger partial charge in [-0.3, -0.25) is 4.79 Å². The van der Waals surface area contributed by atoms with Crippen molar-refractivity contribution in [3.63, 3.8) is 0 Å². The van der Waals surface area contributed by atoms with Crippen molar-refractivity contribution < 1.29 is 24.2 Å². The quantitative estimate of drug-likeness (QED) is 0.690. The van der Waals surface area contributed by atoms with Crippen molar-refractivity contribution in [2.45, 2.75) is 25.1 Å². The number of nitrogens with zero attached hydrogens (tertiary/aromatic N) is 1. The first-order valence-electron chi connectivity index (χ1n) is 9.31. The van der Waals surface area contributed by atoms with E-state index < -0.39 is 18.2 Å². The molecular weight excluding hydrogens is 374 g/mol. The number of urea groups is 1. The average molecular weight is 399 g/mol. The maximum Gasteiger partial charge on any atom is 0.322 e. The first-order chi connectivity index (χ1) is 14.0. The van der Waals surface area contributed by atoms with Gasteiger partial charge in [-0.05, 0) is 24.3 Å². The molecule has 8 nitrogen and oxygen atoms in total. The highest BCUT2D eigenvalue weighted by Gasteiger charge is 2.39. The summed E-state index contributed by atoms with van der Waals surface area (Å²) in [5.74, 6) is 0.914. The summed E-state index contributed by atoms with van der Waals surface area (Å²) < 4.78 is 10.5. The van der Waals surface area contributed by atoms with Gasteiger partial charge < -0.3 is 30.1 Å². The van der Waals surface area contributed by atoms with E-state index in [0.717, 1.165) is 5.56 Å². The smallest absolute Gasteiger partial charge is 0.322 e. The number of hydrogen-bond donors (Lipinski definition) is 3. The number of benzene rings is 2. The van der Waals surface area contributed by atoms with Gasteiger partial charge in [-0.2, -0.15) is 0 Å². The van der Waals surface area contributed by atoms with Gasteiger partial charge in [-0.25, -0.2) is 4.79 Å². The van der Waals surface area contributed by atoms with Gasteiger partial charge in [-0.15, -0.1) is 0 Å². The van der Waals surface area contributed by atoms with Crippen LogP contribution in [0.3, 0.4) is 0 Å². The average Bonchev–Trinajstić information content (AvgIpc) is 3.14. The second kappa shape index (κ2) is 9.29. The SMILES string of the molecule is COc1ccc(CNC(=O)[C@@H]2C[C@H](O)CN2C(=O)Nc2ccccc2)c(OC)c1. The molecule has 3 N–H and O–H groups in total. The van der Waals surface area contributed by atoms with Crippen LogP contribution in [0.15, 0.2) is 48.5 Å². The number of carbonyl (C=O) groups is 2. The third kappa shape index (κ3) is 4.97. The molecule has 2 aromatic rings. The van der Waals surface area contributed by atoms with Crippen LogP contribution >= 0.6 is 0 Å². The largest absolute Gasteiger partial charge is 0.497 e. The Morgan fingerprint density at radius 1 is 1.14 bits per heavy atom. The Morgan fingerprint density at radius 3 is 2.59 bits per heavy atom. The maximum atomic E-state index is 12.7. The van der Waals surface area contributed by atoms with Crippen LogP contribution < -0.4 is 20.1 Å². The monoisotopic (exact) mass is 399 g/mol. The summed E-state index contributed by atoms with van der Waals surface area (Å²) in [5, 5.41) is 15.6. The zero-order valence-corrected chi connectivity index (χ0v) is 16.4. The van der Waals surface area contributed by atoms with E-state index in [-0.39, 0.29) is 25.4 Å². The predicted molar refractivity (Wildman–Crippen MR) is 108 cm³/mol. The molecule has 0 aromatic heterocycles. The minimum Gasteiger partial charge on any atom is -0.497 e. The molecule has 3 rings (SSSR count). The van der Waals surface area contributed by atoms with Gasteiger partial charge in [0.05, 0.1) is 20.3 Å². The van der Waals surface area contributed by atoms with Crippen LogP contribution in [-0.2, 0) is 11.3 Å². The van der Waals surface area contributed by atoms with Crippen molar-refractivity contribution in [3.8, 4) is 11.5 Å². The van der Waals surface area contributed by atoms with Crippen molar-refractivity contribution in [3.05, 3.63) is 54.1 Å². The molecular formula is C21H25N3O5. The van der Waals surface area contributed by atoms with Crippen molar-refractivity contribution in [1.82, 2.24) is 10.2 Å². The molecule has 1 heterocycles. The second-order valence-electron chi connectivity index (χ2n) is 6.75. The van der Waals surface area contributed by atoms with Crippen LogP contribution in [0.4, 0.5) is 10.5 Å². The molecule has 2 aromatic carbocycles. The van der Waals surface area contributed by atoms with E-state index in [0.29, 0.717) is 17.2 Å². The lowest BCUT2D eigenvalue weighted by Crippen LogP contribution is -2.47. The summed E-state index contributed by atoms with van der Waals surface area (Å²) in [5.41, 5.74) is 1.40. The van der Waals surface area contributed by atoms with Crippen LogP contribution in [0.2, 0.25) is 0 Å². The number of amides is 3. The summed E-state index contributed by atoms with van der Waals surface area (Å²) in [7, 11) is 3.11. The fourth-order valence-electron chi connectivity index (χ4n) is 3.30. The fourth-order valence-corrected chi connectivity index (χ4v) is 3.30. The number of para-hydroxylation sites is 1. The van der Waals surface area contributed by atoms with E-state index in [1.165, 1.54) is 4.90 Å². The molecule has 154 valence electrons. The Bertz CT molecular complexity index is 859. The summed E-state index contributed by atoms with van der Waals surface area (Å²) in [6, 6.07) is 13.1. The number of β-amino-alcohol motifs (C(OH)–C–C–N with tert-alkyl or cyclic N) is 1. The number of aliphatic hydroxyl groups excluding tert-OH is 1. The van der Waals surface area contributed by atoms with Crippen LogP contribution in [0.25, 0.3) is 0 Å². The molecule has 0 radical (unpaired) electrons. The molecule has 1 aliphatic rings. The van der Waals surface area contributed by atoms with Crippen molar-refractivity contribution >= 4 is 17.6 Å². The number of methoxy groups -OCH3 is 2. The highest BCUT2D eigenvalue weighted by atomic mass is 16.5. The third-order valence-electron chi connectivity index (χ3n) is 4.81. The lowest BCUT2D eigenvalue weighted by molar-refractivity contribution is -0.124. The first-order valence-corrected chi connectivity index (χ1v) is 9.31. The number of hydrogen-bond acceptors (Lipinski definition) is 5. The van der Waals surface area contributed by atoms with Crippen LogP contribution in [-0.4, -0.2) is 54.9 Å². The lowest BCUT2D eigenvalue weighted by Gasteiger charge is -2.24. The molecule has 1 fully saturated rings. The highest BCUT2D eigenvalue weighted by Crippen LogP contribution is 2.25. The molecule has 0 saturated carbocycles. The van der Waals surface area contributed by atoms with Crippen LogP contribution in [0, 0.1) is 0 Å². The van der Waals surface area contributed by atoms with Gasteiger partial charge >= 0.3 is 6.03 Å². The molecule has 8 heteroatoms. The van der Waals surface area contributed by atoms with Crippen LogP contribution in [0.1, 0.15) is 12.0 Å². The Hall–Kier alpha value is -3.26. The van der Waals surface area contributed by atoms with Gasteiger partial charge in [0, 0.05) is 36.8 Å². The Balaban J connectivity index is 1.65. The lowest BCUT2D eigenvalue weighted by atomic mass is 10.1. The Labute approximate surface area is 169 Å². The molecule has 0 unspecified atom stereocenters. The summed E-state index contributed by atoms with van der Waals surface area (Å²) >= 11 is 0. The van der Waals surface area contributed by atoms with Gasteiger partial charge in [0.25, 0.3) is 0 Å². The third-order valence-corrected chi connectivity index (χ3v) is 4.81. The van der Waals surface area contributed by atoms with E-state index in [2.05, 4.69) is 10.6 Å². The fraction of sp³-hybridized carbons (Fsp3) is 0.333. The molecule has 0 bridgehead atoms. The van der Waals surface area contributed by atoms with Gasteiger partial charge in [0.2, 0.25) is 5.91 Å². The molecule has 3 amide bonds. The highest BCUT2D eigenvalue weighted by molar-refractivity contribution is 5.94. The predicted octanol–water partition coefficient (Wildman–Crippen LogP) is 1.99. The summed E-state index contributed by atoms with van der Waals surface area (Å²) in [6.45, 7) is 0.329. The molecule has 0 aliphatic carbocycles. The molecule has 1 aliphatic heterocycles. The number of carbonyl (C=O) groups excluding carboxylic acids is 2. The Kier molecular flexibility index (Phi) is 6.56. The molecule has 1 saturated heterocycles. The van der Waals surface area contributed by atoms with Crippen molar-refractivity contribution in [2.24, 2.45) is 0 Å². The van der Waals surface area contributed by atoms with Crippen molar-refractivity contribution in [1.29, 1.82) is 0 Å². The molecule has 2 atom stereocenters. The topological polar surface area (TPSA) is 100 Å². The van der Waals surface area contributed by atoms with Gasteiger partial charge in [0.1, 0.15) is 17.5 Å². The standard InChI is InChI=1S/C21H25N3O5/c1-28-17-9-8-14(19(11-17)29-2)12-22-20(26)18-10-16(25)13-24(18)21(27)23-15-6-4-3-5-7-15/h3-9,11,16,18,25H,10,12-13H2,1-2H3,(H,22,26)(H,23,27)/t16-,18-/m0/s1. The zero-order chi connectivity index (χ0) is 20.8. The zero-order valence-electron chi connectivity index (χ0n) is 16.4. The minimum atomic E-state index is -0.752. The number of nitrogens with one attached hydrogen (secondary N) is 2. The first kappa shape index (κ1) is 20.5. The number of aliphatic hydroxyl groups is 1. The van der Waals surface area contributed by atoms with Gasteiger partial charge in [-0.1, -0.05) is 18.2 Å². The summed E-state index contributed by atoms with van der Waals surface area (Å²) in [6.07, 6.45) is -0.559. The second-order valence-corrected chi connectivity index (χ2v) is 6.75. The number of likely N-dealkylation sites (tertiary alicyclic amines) is 1. The van der Waals surface area contributed by atoms with E-state index in [9.17, 15) is 14.7 Å². The van der Waals surface area contributed by atoms with E-state index in [4.69, 9.17) is 9.47 Å². The molecule has 0 spiro atoms. The van der Waals surface area contributed by atoms with E-state index in [1.54, 1.807) is 56.7 Å². The summed E-state index contributed by atoms with van der Waals surface area (Å²) in [4.78, 5) is 26.7. The molecule has 29 heavy (non-hydrogen) atoms. The number of ether oxygens (including phenoxy) is 2. The number of anilines is 1. The maximum absolute atomic E-state index is 12.7. The number of rotatable bonds is 6. The minimum absolute atomic E-state index is 0.0998.